The third kappa shape index (κ3) is 7.68. The van der Waals surface area contributed by atoms with E-state index in [1.54, 1.807) is 23.7 Å². The minimum Gasteiger partial charge on any atom is -0.443 e. The van der Waals surface area contributed by atoms with Crippen molar-refractivity contribution in [2.24, 2.45) is 4.99 Å². The summed E-state index contributed by atoms with van der Waals surface area (Å²) in [5.74, 6) is 1.92. The van der Waals surface area contributed by atoms with Crippen molar-refractivity contribution in [3.05, 3.63) is 35.4 Å². The van der Waals surface area contributed by atoms with Crippen LogP contribution in [0.3, 0.4) is 0 Å². The van der Waals surface area contributed by atoms with Gasteiger partial charge in [-0.05, 0) is 18.4 Å². The van der Waals surface area contributed by atoms with Crippen LogP contribution in [0.2, 0.25) is 0 Å². The van der Waals surface area contributed by atoms with E-state index in [4.69, 9.17) is 4.42 Å². The Labute approximate surface area is 187 Å². The normalized spacial score (nSPS) is 12.5. The average Bonchev–Trinajstić information content (AvgIpc) is 3.27. The Morgan fingerprint density at radius 2 is 2.04 bits per heavy atom. The van der Waals surface area contributed by atoms with Crippen molar-refractivity contribution >= 4 is 51.3 Å². The van der Waals surface area contributed by atoms with Gasteiger partial charge in [-0.3, -0.25) is 0 Å². The van der Waals surface area contributed by atoms with Crippen molar-refractivity contribution in [1.29, 1.82) is 0 Å². The molecular formula is C17H28IN5O3S2. The van der Waals surface area contributed by atoms with E-state index in [0.717, 1.165) is 5.76 Å². The summed E-state index contributed by atoms with van der Waals surface area (Å²) >= 11 is 1.19. The Bertz CT molecular complexity index is 843. The maximum absolute atomic E-state index is 12.1. The molecule has 0 unspecified atom stereocenters. The molecule has 0 fully saturated rings. The zero-order valence-electron chi connectivity index (χ0n) is 16.5. The molecule has 0 atom stereocenters. The van der Waals surface area contributed by atoms with Crippen molar-refractivity contribution < 1.29 is 12.8 Å². The Morgan fingerprint density at radius 3 is 2.61 bits per heavy atom. The van der Waals surface area contributed by atoms with Gasteiger partial charge in [0.1, 0.15) is 16.5 Å². The first-order valence-corrected chi connectivity index (χ1v) is 11.1. The molecule has 0 aliphatic carbocycles. The van der Waals surface area contributed by atoms with Crippen LogP contribution in [0, 0.1) is 0 Å². The molecule has 2 heterocycles. The molecule has 0 saturated heterocycles. The summed E-state index contributed by atoms with van der Waals surface area (Å²) in [5.41, 5.74) is -0.0998. The number of thiophene rings is 1. The first kappa shape index (κ1) is 24.9. The standard InChI is InChI=1S/C17H27N5O3S2.HI/c1-5-18-16(21-12-14-20-11-13(25-14)17(2,3)4)19-8-9-22-27(23,24)15-7-6-10-26-15;/h6-7,10-11,22H,5,8-9,12H2,1-4H3,(H2,18,19,21);1H. The SMILES string of the molecule is CCNC(=NCc1ncc(C(C)(C)C)o1)NCCNS(=O)(=O)c1cccs1.I. The van der Waals surface area contributed by atoms with Crippen molar-refractivity contribution in [2.75, 3.05) is 19.6 Å². The van der Waals surface area contributed by atoms with Crippen LogP contribution in [0.15, 0.2) is 37.3 Å². The monoisotopic (exact) mass is 541 g/mol. The summed E-state index contributed by atoms with van der Waals surface area (Å²) < 4.78 is 32.7. The number of oxazole rings is 1. The largest absolute Gasteiger partial charge is 0.443 e. The summed E-state index contributed by atoms with van der Waals surface area (Å²) in [6.45, 7) is 9.76. The molecular weight excluding hydrogens is 513 g/mol. The highest BCUT2D eigenvalue weighted by molar-refractivity contribution is 14.0. The average molecular weight is 541 g/mol. The minimum atomic E-state index is -3.45. The van der Waals surface area contributed by atoms with Crippen molar-refractivity contribution in [1.82, 2.24) is 20.3 Å². The van der Waals surface area contributed by atoms with Crippen LogP contribution in [0.25, 0.3) is 0 Å². The highest BCUT2D eigenvalue weighted by Gasteiger charge is 2.19. The molecule has 2 aromatic heterocycles. The maximum atomic E-state index is 12.1. The number of nitrogens with zero attached hydrogens (tertiary/aromatic N) is 2. The number of halogens is 1. The van der Waals surface area contributed by atoms with Crippen LogP contribution in [0.5, 0.6) is 0 Å². The van der Waals surface area contributed by atoms with Crippen LogP contribution in [-0.4, -0.2) is 39.0 Å². The van der Waals surface area contributed by atoms with E-state index >= 15 is 0 Å². The molecule has 11 heteroatoms. The van der Waals surface area contributed by atoms with Gasteiger partial charge in [-0.2, -0.15) is 0 Å². The topological polar surface area (TPSA) is 109 Å². The number of aromatic nitrogens is 1. The molecule has 0 aliphatic heterocycles. The van der Waals surface area contributed by atoms with Crippen LogP contribution in [0.1, 0.15) is 39.3 Å². The highest BCUT2D eigenvalue weighted by Crippen LogP contribution is 2.22. The van der Waals surface area contributed by atoms with Crippen LogP contribution < -0.4 is 15.4 Å². The summed E-state index contributed by atoms with van der Waals surface area (Å²) in [6.07, 6.45) is 1.73. The molecule has 0 radical (unpaired) electrons. The van der Waals surface area contributed by atoms with Gasteiger partial charge in [0, 0.05) is 25.0 Å². The van der Waals surface area contributed by atoms with E-state index in [1.165, 1.54) is 11.3 Å². The van der Waals surface area contributed by atoms with Gasteiger partial charge in [0.2, 0.25) is 15.9 Å². The van der Waals surface area contributed by atoms with E-state index in [2.05, 4.69) is 46.1 Å². The Kier molecular flexibility index (Phi) is 9.87. The zero-order chi connectivity index (χ0) is 19.9. The molecule has 2 rings (SSSR count). The lowest BCUT2D eigenvalue weighted by Crippen LogP contribution is -2.41. The van der Waals surface area contributed by atoms with Crippen molar-refractivity contribution in [3.8, 4) is 0 Å². The first-order valence-electron chi connectivity index (χ1n) is 8.73. The number of sulfonamides is 1. The van der Waals surface area contributed by atoms with Crippen molar-refractivity contribution in [3.63, 3.8) is 0 Å². The molecule has 0 saturated carbocycles. The van der Waals surface area contributed by atoms with Gasteiger partial charge < -0.3 is 15.1 Å². The van der Waals surface area contributed by atoms with Gasteiger partial charge in [0.05, 0.1) is 6.20 Å². The third-order valence-corrected chi connectivity index (χ3v) is 6.34. The lowest BCUT2D eigenvalue weighted by atomic mass is 9.94. The first-order chi connectivity index (χ1) is 12.7. The molecule has 0 amide bonds. The van der Waals surface area contributed by atoms with Gasteiger partial charge in [-0.25, -0.2) is 23.1 Å². The molecule has 8 nitrogen and oxygen atoms in total. The minimum absolute atomic E-state index is 0. The molecule has 0 spiro atoms. The summed E-state index contributed by atoms with van der Waals surface area (Å²) in [7, 11) is -3.45. The van der Waals surface area contributed by atoms with E-state index in [1.807, 2.05) is 6.92 Å². The zero-order valence-corrected chi connectivity index (χ0v) is 20.4. The number of hydrogen-bond acceptors (Lipinski definition) is 6. The van der Waals surface area contributed by atoms with Gasteiger partial charge in [-0.15, -0.1) is 35.3 Å². The molecule has 158 valence electrons. The number of aliphatic imine (C=N–C) groups is 1. The lowest BCUT2D eigenvalue weighted by Gasteiger charge is -2.13. The summed E-state index contributed by atoms with van der Waals surface area (Å²) in [4.78, 5) is 8.68. The summed E-state index contributed by atoms with van der Waals surface area (Å²) in [5, 5.41) is 7.93. The predicted molar refractivity (Wildman–Crippen MR) is 123 cm³/mol. The third-order valence-electron chi connectivity index (χ3n) is 3.48. The molecule has 0 bridgehead atoms. The number of rotatable bonds is 8. The van der Waals surface area contributed by atoms with Crippen LogP contribution in [-0.2, 0) is 22.0 Å². The fraction of sp³-hybridized carbons (Fsp3) is 0.529. The van der Waals surface area contributed by atoms with E-state index in [0.29, 0.717) is 35.7 Å². The molecule has 28 heavy (non-hydrogen) atoms. The molecule has 0 aromatic carbocycles. The fourth-order valence-corrected chi connectivity index (χ4v) is 4.14. The Balaban J connectivity index is 0.00000392. The predicted octanol–water partition coefficient (Wildman–Crippen LogP) is 2.69. The highest BCUT2D eigenvalue weighted by atomic mass is 127. The lowest BCUT2D eigenvalue weighted by molar-refractivity contribution is 0.383. The van der Waals surface area contributed by atoms with Crippen LogP contribution in [0.4, 0.5) is 0 Å². The van der Waals surface area contributed by atoms with E-state index in [-0.39, 0.29) is 35.9 Å². The van der Waals surface area contributed by atoms with E-state index < -0.39 is 10.0 Å². The van der Waals surface area contributed by atoms with Crippen LogP contribution >= 0.6 is 35.3 Å². The van der Waals surface area contributed by atoms with Gasteiger partial charge in [0.15, 0.2) is 5.96 Å². The maximum Gasteiger partial charge on any atom is 0.250 e. The van der Waals surface area contributed by atoms with Crippen molar-refractivity contribution in [2.45, 2.75) is 43.9 Å². The number of guanidine groups is 1. The number of nitrogens with one attached hydrogen (secondary N) is 3. The van der Waals surface area contributed by atoms with Gasteiger partial charge in [0.25, 0.3) is 0 Å². The molecule has 2 aromatic rings. The summed E-state index contributed by atoms with van der Waals surface area (Å²) in [6, 6.07) is 3.29. The quantitative estimate of drug-likeness (QED) is 0.205. The Morgan fingerprint density at radius 1 is 1.29 bits per heavy atom. The second kappa shape index (κ2) is 11.1. The van der Waals surface area contributed by atoms with Gasteiger partial charge in [-0.1, -0.05) is 26.8 Å². The molecule has 3 N–H and O–H groups in total. The molecule has 0 aliphatic rings. The Hall–Kier alpha value is -1.18. The van der Waals surface area contributed by atoms with E-state index in [9.17, 15) is 8.42 Å². The second-order valence-corrected chi connectivity index (χ2v) is 9.76. The second-order valence-electron chi connectivity index (χ2n) is 6.82. The smallest absolute Gasteiger partial charge is 0.250 e. The number of hydrogen-bond donors (Lipinski definition) is 3. The van der Waals surface area contributed by atoms with Gasteiger partial charge >= 0.3 is 0 Å². The fourth-order valence-electron chi connectivity index (χ4n) is 2.07.